The zero-order valence-electron chi connectivity index (χ0n) is 14.5. The molecule has 0 fully saturated rings. The van der Waals surface area contributed by atoms with Crippen LogP contribution in [0, 0.1) is 0 Å². The molecular formula is C20H19NO5. The molecule has 0 saturated carbocycles. The summed E-state index contributed by atoms with van der Waals surface area (Å²) < 4.78 is 15.9. The lowest BCUT2D eigenvalue weighted by Crippen LogP contribution is -2.35. The molecule has 3 rings (SSSR count). The van der Waals surface area contributed by atoms with Gasteiger partial charge in [0.25, 0.3) is 5.91 Å². The van der Waals surface area contributed by atoms with Crippen LogP contribution in [-0.2, 0) is 11.3 Å². The third-order valence-corrected chi connectivity index (χ3v) is 3.90. The van der Waals surface area contributed by atoms with E-state index in [9.17, 15) is 9.59 Å². The fraction of sp³-hybridized carbons (Fsp3) is 0.200. The lowest BCUT2D eigenvalue weighted by molar-refractivity contribution is -0.127. The standard InChI is InChI=1S/C20H19NO5/c1-13(20(23)21-12-14-3-7-16(24-2)8-4-14)25-17-9-5-15-6-10-19(22)26-18(15)11-17/h3-11,13H,12H2,1-2H3,(H,21,23). The summed E-state index contributed by atoms with van der Waals surface area (Å²) in [6, 6.07) is 15.6. The van der Waals surface area contributed by atoms with Crippen molar-refractivity contribution in [2.24, 2.45) is 0 Å². The highest BCUT2D eigenvalue weighted by Crippen LogP contribution is 2.20. The number of ether oxygens (including phenoxy) is 2. The van der Waals surface area contributed by atoms with Crippen LogP contribution in [0.25, 0.3) is 11.0 Å². The molecule has 1 heterocycles. The Morgan fingerprint density at radius 1 is 1.08 bits per heavy atom. The van der Waals surface area contributed by atoms with Gasteiger partial charge in [0.15, 0.2) is 6.10 Å². The molecule has 6 heteroatoms. The SMILES string of the molecule is COc1ccc(CNC(=O)C(C)Oc2ccc3ccc(=O)oc3c2)cc1. The van der Waals surface area contributed by atoms with Crippen molar-refractivity contribution in [3.05, 3.63) is 70.6 Å². The number of carbonyl (C=O) groups excluding carboxylic acids is 1. The Labute approximate surface area is 150 Å². The molecule has 0 spiro atoms. The molecule has 0 aliphatic carbocycles. The quantitative estimate of drug-likeness (QED) is 0.690. The molecule has 0 aliphatic rings. The number of amides is 1. The molecule has 2 aromatic carbocycles. The summed E-state index contributed by atoms with van der Waals surface area (Å²) in [7, 11) is 1.60. The molecule has 3 aromatic rings. The first-order chi connectivity index (χ1) is 12.5. The topological polar surface area (TPSA) is 77.8 Å². The minimum atomic E-state index is -0.693. The van der Waals surface area contributed by atoms with Gasteiger partial charge in [0.05, 0.1) is 7.11 Å². The first kappa shape index (κ1) is 17.5. The summed E-state index contributed by atoms with van der Waals surface area (Å²) in [6.45, 7) is 2.05. The van der Waals surface area contributed by atoms with Crippen LogP contribution in [0.15, 0.2) is 63.8 Å². The smallest absolute Gasteiger partial charge is 0.336 e. The molecular weight excluding hydrogens is 334 g/mol. The van der Waals surface area contributed by atoms with E-state index < -0.39 is 11.7 Å². The Kier molecular flexibility index (Phi) is 5.22. The van der Waals surface area contributed by atoms with Crippen molar-refractivity contribution in [1.82, 2.24) is 5.32 Å². The van der Waals surface area contributed by atoms with Crippen molar-refractivity contribution in [3.63, 3.8) is 0 Å². The van der Waals surface area contributed by atoms with E-state index in [1.807, 2.05) is 24.3 Å². The first-order valence-electron chi connectivity index (χ1n) is 8.16. The molecule has 0 saturated heterocycles. The maximum atomic E-state index is 12.2. The fourth-order valence-electron chi connectivity index (χ4n) is 2.45. The Morgan fingerprint density at radius 2 is 1.77 bits per heavy atom. The zero-order valence-corrected chi connectivity index (χ0v) is 14.5. The van der Waals surface area contributed by atoms with Crippen molar-refractivity contribution < 1.29 is 18.7 Å². The van der Waals surface area contributed by atoms with Gasteiger partial charge in [-0.05, 0) is 42.8 Å². The average Bonchev–Trinajstić information content (AvgIpc) is 2.66. The van der Waals surface area contributed by atoms with Gasteiger partial charge in [-0.1, -0.05) is 12.1 Å². The second-order valence-corrected chi connectivity index (χ2v) is 5.78. The van der Waals surface area contributed by atoms with Gasteiger partial charge in [-0.3, -0.25) is 4.79 Å². The fourth-order valence-corrected chi connectivity index (χ4v) is 2.45. The van der Waals surface area contributed by atoms with Crippen molar-refractivity contribution in [3.8, 4) is 11.5 Å². The van der Waals surface area contributed by atoms with E-state index in [-0.39, 0.29) is 5.91 Å². The van der Waals surface area contributed by atoms with E-state index in [0.717, 1.165) is 16.7 Å². The van der Waals surface area contributed by atoms with Crippen molar-refractivity contribution >= 4 is 16.9 Å². The van der Waals surface area contributed by atoms with Crippen molar-refractivity contribution in [2.75, 3.05) is 7.11 Å². The molecule has 1 unspecified atom stereocenters. The third kappa shape index (κ3) is 4.22. The Hall–Kier alpha value is -3.28. The van der Waals surface area contributed by atoms with Crippen LogP contribution in [0.2, 0.25) is 0 Å². The molecule has 0 bridgehead atoms. The lowest BCUT2D eigenvalue weighted by atomic mass is 10.2. The Morgan fingerprint density at radius 3 is 2.50 bits per heavy atom. The van der Waals surface area contributed by atoms with Crippen LogP contribution in [0.4, 0.5) is 0 Å². The molecule has 6 nitrogen and oxygen atoms in total. The van der Waals surface area contributed by atoms with Gasteiger partial charge >= 0.3 is 5.63 Å². The number of fused-ring (bicyclic) bond motifs is 1. The highest BCUT2D eigenvalue weighted by atomic mass is 16.5. The number of carbonyl (C=O) groups is 1. The number of hydrogen-bond donors (Lipinski definition) is 1. The van der Waals surface area contributed by atoms with E-state index in [2.05, 4.69) is 5.32 Å². The minimum absolute atomic E-state index is 0.240. The van der Waals surface area contributed by atoms with Crippen LogP contribution in [0.5, 0.6) is 11.5 Å². The summed E-state index contributed by atoms with van der Waals surface area (Å²) in [5, 5.41) is 3.61. The first-order valence-corrected chi connectivity index (χ1v) is 8.16. The molecule has 1 N–H and O–H groups in total. The summed E-state index contributed by atoms with van der Waals surface area (Å²) >= 11 is 0. The molecule has 1 amide bonds. The zero-order chi connectivity index (χ0) is 18.5. The number of rotatable bonds is 6. The number of benzene rings is 2. The minimum Gasteiger partial charge on any atom is -0.497 e. The van der Waals surface area contributed by atoms with Crippen molar-refractivity contribution in [1.29, 1.82) is 0 Å². The molecule has 134 valence electrons. The van der Waals surface area contributed by atoms with Gasteiger partial charge in [-0.25, -0.2) is 4.79 Å². The molecule has 1 atom stereocenters. The summed E-state index contributed by atoms with van der Waals surface area (Å²) in [5.74, 6) is 0.981. The van der Waals surface area contributed by atoms with Crippen LogP contribution < -0.4 is 20.4 Å². The summed E-state index contributed by atoms with van der Waals surface area (Å²) in [6.07, 6.45) is -0.693. The predicted molar refractivity (Wildman–Crippen MR) is 97.4 cm³/mol. The van der Waals surface area contributed by atoms with E-state index in [0.29, 0.717) is 17.9 Å². The van der Waals surface area contributed by atoms with Gasteiger partial charge in [0, 0.05) is 24.1 Å². The molecule has 26 heavy (non-hydrogen) atoms. The van der Waals surface area contributed by atoms with Crippen LogP contribution in [-0.4, -0.2) is 19.1 Å². The number of nitrogens with one attached hydrogen (secondary N) is 1. The second-order valence-electron chi connectivity index (χ2n) is 5.78. The van der Waals surface area contributed by atoms with E-state index >= 15 is 0 Å². The summed E-state index contributed by atoms with van der Waals surface area (Å²) in [5.41, 5.74) is 0.944. The highest BCUT2D eigenvalue weighted by molar-refractivity contribution is 5.81. The highest BCUT2D eigenvalue weighted by Gasteiger charge is 2.15. The molecule has 0 aliphatic heterocycles. The Balaban J connectivity index is 1.60. The second kappa shape index (κ2) is 7.74. The van der Waals surface area contributed by atoms with Gasteiger partial charge in [-0.15, -0.1) is 0 Å². The van der Waals surface area contributed by atoms with Gasteiger partial charge < -0.3 is 19.2 Å². The van der Waals surface area contributed by atoms with Crippen LogP contribution in [0.3, 0.4) is 0 Å². The largest absolute Gasteiger partial charge is 0.497 e. The van der Waals surface area contributed by atoms with E-state index in [4.69, 9.17) is 13.9 Å². The van der Waals surface area contributed by atoms with Crippen LogP contribution >= 0.6 is 0 Å². The maximum absolute atomic E-state index is 12.2. The predicted octanol–water partition coefficient (Wildman–Crippen LogP) is 2.89. The number of hydrogen-bond acceptors (Lipinski definition) is 5. The third-order valence-electron chi connectivity index (χ3n) is 3.90. The van der Waals surface area contributed by atoms with Crippen LogP contribution in [0.1, 0.15) is 12.5 Å². The molecule has 0 radical (unpaired) electrons. The monoisotopic (exact) mass is 353 g/mol. The van der Waals surface area contributed by atoms with Crippen molar-refractivity contribution in [2.45, 2.75) is 19.6 Å². The maximum Gasteiger partial charge on any atom is 0.336 e. The number of methoxy groups -OCH3 is 1. The van der Waals surface area contributed by atoms with E-state index in [1.165, 1.54) is 6.07 Å². The average molecular weight is 353 g/mol. The molecule has 1 aromatic heterocycles. The van der Waals surface area contributed by atoms with Gasteiger partial charge in [0.1, 0.15) is 17.1 Å². The summed E-state index contributed by atoms with van der Waals surface area (Å²) in [4.78, 5) is 23.5. The Bertz CT molecular complexity index is 962. The lowest BCUT2D eigenvalue weighted by Gasteiger charge is -2.15. The van der Waals surface area contributed by atoms with E-state index in [1.54, 1.807) is 38.3 Å². The van der Waals surface area contributed by atoms with Gasteiger partial charge in [-0.2, -0.15) is 0 Å². The normalized spacial score (nSPS) is 11.8. The van der Waals surface area contributed by atoms with Gasteiger partial charge in [0.2, 0.25) is 0 Å².